The first kappa shape index (κ1) is 11.2. The molecule has 1 rings (SSSR count). The summed E-state index contributed by atoms with van der Waals surface area (Å²) in [6.45, 7) is 4.98. The second-order valence-corrected chi connectivity index (χ2v) is 3.40. The number of hydrogen-bond donors (Lipinski definition) is 1. The van der Waals surface area contributed by atoms with E-state index in [1.54, 1.807) is 0 Å². The summed E-state index contributed by atoms with van der Waals surface area (Å²) < 4.78 is 12.6. The number of hydrogen-bond acceptors (Lipinski definition) is 2. The Kier molecular flexibility index (Phi) is 3.05. The lowest BCUT2D eigenvalue weighted by molar-refractivity contribution is 0.0935. The third-order valence-electron chi connectivity index (χ3n) is 1.74. The summed E-state index contributed by atoms with van der Waals surface area (Å²) in [6.07, 6.45) is 0. The van der Waals surface area contributed by atoms with Crippen molar-refractivity contribution in [3.05, 3.63) is 42.6 Å². The predicted octanol–water partition coefficient (Wildman–Crippen LogP) is 1.67. The molecule has 0 spiro atoms. The van der Waals surface area contributed by atoms with Crippen LogP contribution in [-0.4, -0.2) is 11.4 Å². The normalized spacial score (nSPS) is 10.5. The topological polar surface area (TPSA) is 52.9 Å². The smallest absolute Gasteiger partial charge is 0.252 e. The number of nitrogens with one attached hydrogen (secondary N) is 1. The van der Waals surface area contributed by atoms with Crippen LogP contribution in [0.15, 0.2) is 24.3 Å². The molecule has 0 aliphatic rings. The minimum absolute atomic E-state index is 0.293. The van der Waals surface area contributed by atoms with Crippen LogP contribution in [0.2, 0.25) is 0 Å². The molecule has 0 saturated heterocycles. The molecule has 1 amide bonds. The van der Waals surface area contributed by atoms with Crippen molar-refractivity contribution >= 4 is 5.91 Å². The Morgan fingerprint density at radius 1 is 1.53 bits per heavy atom. The monoisotopic (exact) mass is 205 g/mol. The zero-order valence-electron chi connectivity index (χ0n) is 8.25. The van der Waals surface area contributed by atoms with Crippen LogP contribution in [0, 0.1) is 24.1 Å². The number of carbonyl (C=O) groups excluding carboxylic acids is 1. The van der Waals surface area contributed by atoms with Gasteiger partial charge in [0.1, 0.15) is 11.4 Å². The molecule has 1 atom stereocenters. The van der Waals surface area contributed by atoms with E-state index in [1.807, 2.05) is 6.07 Å². The maximum atomic E-state index is 12.6. The highest BCUT2D eigenvalue weighted by Crippen LogP contribution is 2.05. The zero-order valence-corrected chi connectivity index (χ0v) is 8.25. The van der Waals surface area contributed by atoms with E-state index in [1.165, 1.54) is 31.2 Å². The Morgan fingerprint density at radius 3 is 2.53 bits per heavy atom. The fraction of sp³-hybridized carbons (Fsp3) is 0.182. The average molecular weight is 205 g/mol. The summed E-state index contributed by atoms with van der Waals surface area (Å²) in [5.74, 6) is -0.863. The van der Waals surface area contributed by atoms with Crippen LogP contribution >= 0.6 is 0 Å². The van der Waals surface area contributed by atoms with E-state index in [9.17, 15) is 9.18 Å². The molecule has 1 radical (unpaired) electrons. The van der Waals surface area contributed by atoms with Crippen LogP contribution in [-0.2, 0) is 0 Å². The van der Waals surface area contributed by atoms with Gasteiger partial charge in [-0.05, 0) is 38.1 Å². The molecular formula is C11H10FN2O. The fourth-order valence-electron chi connectivity index (χ4n) is 0.952. The average Bonchev–Trinajstić information content (AvgIpc) is 2.18. The lowest BCUT2D eigenvalue weighted by Gasteiger charge is -2.16. The molecule has 0 fully saturated rings. The van der Waals surface area contributed by atoms with Gasteiger partial charge in [-0.25, -0.2) is 4.39 Å². The van der Waals surface area contributed by atoms with Crippen LogP contribution < -0.4 is 5.32 Å². The van der Waals surface area contributed by atoms with Crippen LogP contribution in [0.1, 0.15) is 17.3 Å². The van der Waals surface area contributed by atoms with E-state index in [2.05, 4.69) is 12.2 Å². The highest BCUT2D eigenvalue weighted by molar-refractivity contribution is 5.94. The van der Waals surface area contributed by atoms with E-state index in [4.69, 9.17) is 5.26 Å². The molecule has 77 valence electrons. The van der Waals surface area contributed by atoms with Gasteiger partial charge >= 0.3 is 0 Å². The van der Waals surface area contributed by atoms with Crippen LogP contribution in [0.5, 0.6) is 0 Å². The van der Waals surface area contributed by atoms with Crippen molar-refractivity contribution in [3.8, 4) is 6.07 Å². The van der Waals surface area contributed by atoms with Gasteiger partial charge in [0.25, 0.3) is 5.91 Å². The molecule has 0 aliphatic heterocycles. The highest BCUT2D eigenvalue weighted by atomic mass is 19.1. The molecular weight excluding hydrogens is 195 g/mol. The molecule has 0 bridgehead atoms. The number of benzene rings is 1. The minimum Gasteiger partial charge on any atom is -0.334 e. The number of carbonyl (C=O) groups is 1. The molecule has 1 N–H and O–H groups in total. The Balaban J connectivity index is 2.79. The van der Waals surface area contributed by atoms with Gasteiger partial charge in [0.2, 0.25) is 0 Å². The van der Waals surface area contributed by atoms with Crippen LogP contribution in [0.3, 0.4) is 0 Å². The molecule has 0 aliphatic carbocycles. The summed E-state index contributed by atoms with van der Waals surface area (Å²) in [6, 6.07) is 6.89. The van der Waals surface area contributed by atoms with Gasteiger partial charge in [0.15, 0.2) is 0 Å². The summed E-state index contributed by atoms with van der Waals surface area (Å²) in [4.78, 5) is 11.5. The molecule has 0 aromatic heterocycles. The third kappa shape index (κ3) is 3.06. The quantitative estimate of drug-likeness (QED) is 0.798. The molecule has 0 heterocycles. The van der Waals surface area contributed by atoms with Crippen molar-refractivity contribution in [3.63, 3.8) is 0 Å². The van der Waals surface area contributed by atoms with E-state index in [-0.39, 0.29) is 0 Å². The lowest BCUT2D eigenvalue weighted by Crippen LogP contribution is -2.42. The Bertz CT molecular complexity index is 404. The molecule has 15 heavy (non-hydrogen) atoms. The predicted molar refractivity (Wildman–Crippen MR) is 53.2 cm³/mol. The second-order valence-electron chi connectivity index (χ2n) is 3.40. The lowest BCUT2D eigenvalue weighted by atomic mass is 10.1. The highest BCUT2D eigenvalue weighted by Gasteiger charge is 2.20. The fourth-order valence-corrected chi connectivity index (χ4v) is 0.952. The summed E-state index contributed by atoms with van der Waals surface area (Å²) >= 11 is 0. The van der Waals surface area contributed by atoms with Gasteiger partial charge in [0, 0.05) is 5.56 Å². The standard InChI is InChI=1S/C11H10FN2O/c1-11(2,7-13)14-10(15)8-3-5-9(12)6-4-8/h3-6H,1H2,2H3,(H,14,15). The zero-order chi connectivity index (χ0) is 11.5. The first-order valence-electron chi connectivity index (χ1n) is 4.29. The first-order chi connectivity index (χ1) is 6.94. The van der Waals surface area contributed by atoms with Gasteiger partial charge < -0.3 is 5.32 Å². The van der Waals surface area contributed by atoms with Gasteiger partial charge in [-0.3, -0.25) is 4.79 Å². The van der Waals surface area contributed by atoms with Crippen molar-refractivity contribution in [2.45, 2.75) is 12.5 Å². The number of nitrogens with zero attached hydrogens (tertiary/aromatic N) is 1. The van der Waals surface area contributed by atoms with Crippen LogP contribution in [0.4, 0.5) is 4.39 Å². The van der Waals surface area contributed by atoms with E-state index < -0.39 is 17.3 Å². The molecule has 3 nitrogen and oxygen atoms in total. The van der Waals surface area contributed by atoms with Gasteiger partial charge in [-0.2, -0.15) is 5.26 Å². The third-order valence-corrected chi connectivity index (χ3v) is 1.74. The number of halogens is 1. The van der Waals surface area contributed by atoms with E-state index in [0.717, 1.165) is 0 Å². The number of amides is 1. The Hall–Kier alpha value is -1.89. The second kappa shape index (κ2) is 4.09. The summed E-state index contributed by atoms with van der Waals surface area (Å²) in [5.41, 5.74) is -0.882. The van der Waals surface area contributed by atoms with Crippen molar-refractivity contribution in [2.75, 3.05) is 0 Å². The number of nitriles is 1. The van der Waals surface area contributed by atoms with Crippen molar-refractivity contribution in [1.29, 1.82) is 5.26 Å². The summed E-state index contributed by atoms with van der Waals surface area (Å²) in [5, 5.41) is 11.1. The molecule has 1 aromatic carbocycles. The Labute approximate surface area is 87.5 Å². The molecule has 0 saturated carbocycles. The summed E-state index contributed by atoms with van der Waals surface area (Å²) in [7, 11) is 0. The molecule has 4 heteroatoms. The van der Waals surface area contributed by atoms with Crippen molar-refractivity contribution in [2.24, 2.45) is 0 Å². The molecule has 1 unspecified atom stereocenters. The molecule has 1 aromatic rings. The van der Waals surface area contributed by atoms with Gasteiger partial charge in [0.05, 0.1) is 6.07 Å². The first-order valence-corrected chi connectivity index (χ1v) is 4.29. The maximum Gasteiger partial charge on any atom is 0.252 e. The number of rotatable bonds is 2. The van der Waals surface area contributed by atoms with Crippen molar-refractivity contribution < 1.29 is 9.18 Å². The maximum absolute atomic E-state index is 12.6. The van der Waals surface area contributed by atoms with Gasteiger partial charge in [-0.1, -0.05) is 0 Å². The SMILES string of the molecule is [CH2]C(C)(C#N)NC(=O)c1ccc(F)cc1. The minimum atomic E-state index is -1.18. The largest absolute Gasteiger partial charge is 0.334 e. The van der Waals surface area contributed by atoms with Gasteiger partial charge in [-0.15, -0.1) is 0 Å². The van der Waals surface area contributed by atoms with Crippen LogP contribution in [0.25, 0.3) is 0 Å². The van der Waals surface area contributed by atoms with E-state index in [0.29, 0.717) is 5.56 Å². The van der Waals surface area contributed by atoms with E-state index >= 15 is 0 Å². The Morgan fingerprint density at radius 2 is 2.07 bits per heavy atom. The van der Waals surface area contributed by atoms with Crippen molar-refractivity contribution in [1.82, 2.24) is 5.32 Å².